The number of rotatable bonds is 5. The van der Waals surface area contributed by atoms with Crippen molar-refractivity contribution in [3.63, 3.8) is 0 Å². The van der Waals surface area contributed by atoms with Crippen molar-refractivity contribution in [2.24, 2.45) is 0 Å². The molecule has 6 rings (SSSR count). The molecule has 0 spiro atoms. The van der Waals surface area contributed by atoms with Crippen LogP contribution in [-0.2, 0) is 11.4 Å². The Kier molecular flexibility index (Phi) is 5.25. The monoisotopic (exact) mass is 479 g/mol. The Hall–Kier alpha value is -4.53. The quantitative estimate of drug-likeness (QED) is 0.404. The van der Waals surface area contributed by atoms with E-state index in [4.69, 9.17) is 9.84 Å². The van der Waals surface area contributed by atoms with E-state index in [0.29, 0.717) is 36.1 Å². The zero-order valence-corrected chi connectivity index (χ0v) is 20.3. The minimum atomic E-state index is -0.147. The van der Waals surface area contributed by atoms with Gasteiger partial charge in [0.2, 0.25) is 5.91 Å². The number of nitrogens with zero attached hydrogens (tertiary/aromatic N) is 6. The number of hydrogen-bond donors (Lipinski definition) is 1. The number of anilines is 1. The molecular formula is C27H25N7O2. The summed E-state index contributed by atoms with van der Waals surface area (Å²) in [5.74, 6) is 2.44. The van der Waals surface area contributed by atoms with Crippen molar-refractivity contribution in [2.45, 2.75) is 39.7 Å². The molecule has 0 aliphatic carbocycles. The predicted molar refractivity (Wildman–Crippen MR) is 134 cm³/mol. The summed E-state index contributed by atoms with van der Waals surface area (Å²) in [4.78, 5) is 12.8. The summed E-state index contributed by atoms with van der Waals surface area (Å²) in [6.07, 6.45) is 0.331. The zero-order chi connectivity index (χ0) is 24.8. The third-order valence-corrected chi connectivity index (χ3v) is 6.51. The number of ether oxygens (including phenoxy) is 1. The van der Waals surface area contributed by atoms with E-state index in [-0.39, 0.29) is 11.8 Å². The second-order valence-electron chi connectivity index (χ2n) is 9.12. The Morgan fingerprint density at radius 1 is 1.00 bits per heavy atom. The largest absolute Gasteiger partial charge is 0.489 e. The molecule has 36 heavy (non-hydrogen) atoms. The van der Waals surface area contributed by atoms with Gasteiger partial charge < -0.3 is 10.1 Å². The maximum Gasteiger partial charge on any atom is 0.226 e. The van der Waals surface area contributed by atoms with Crippen molar-refractivity contribution in [3.8, 4) is 11.6 Å². The summed E-state index contributed by atoms with van der Waals surface area (Å²) in [5.41, 5.74) is 5.80. The minimum absolute atomic E-state index is 0.0683. The standard InChI is InChI=1S/C27H25N7O2/c1-16-7-9-19(10-8-16)15-36-21-6-4-5-20(13-21)22-14-25(35)28-27-26(22)17(2)31-34(27)24-12-11-23-30-29-18(3)33(23)32-24/h4-13,22H,14-15H2,1-3H3,(H,28,35)/t22-/m0/s1. The Morgan fingerprint density at radius 2 is 1.83 bits per heavy atom. The van der Waals surface area contributed by atoms with Gasteiger partial charge in [-0.25, -0.2) is 0 Å². The first-order valence-corrected chi connectivity index (χ1v) is 11.8. The fraction of sp³-hybridized carbons (Fsp3) is 0.222. The van der Waals surface area contributed by atoms with Gasteiger partial charge in [0.15, 0.2) is 17.3 Å². The maximum absolute atomic E-state index is 12.8. The maximum atomic E-state index is 12.8. The molecule has 0 fully saturated rings. The first-order chi connectivity index (χ1) is 17.5. The number of carbonyl (C=O) groups excluding carboxylic acids is 1. The van der Waals surface area contributed by atoms with Crippen LogP contribution in [-0.4, -0.2) is 35.5 Å². The van der Waals surface area contributed by atoms with Gasteiger partial charge in [0.25, 0.3) is 0 Å². The number of amides is 1. The Balaban J connectivity index is 1.34. The summed E-state index contributed by atoms with van der Waals surface area (Å²) in [7, 11) is 0. The van der Waals surface area contributed by atoms with Crippen LogP contribution >= 0.6 is 0 Å². The molecule has 0 unspecified atom stereocenters. The van der Waals surface area contributed by atoms with Gasteiger partial charge in [-0.15, -0.1) is 15.3 Å². The molecule has 3 aromatic heterocycles. The highest BCUT2D eigenvalue weighted by Gasteiger charge is 2.33. The van der Waals surface area contributed by atoms with Crippen LogP contribution < -0.4 is 10.1 Å². The van der Waals surface area contributed by atoms with Crippen LogP contribution in [0.15, 0.2) is 60.7 Å². The molecule has 1 aliphatic heterocycles. The van der Waals surface area contributed by atoms with Crippen LogP contribution in [0.3, 0.4) is 0 Å². The van der Waals surface area contributed by atoms with Crippen molar-refractivity contribution >= 4 is 17.4 Å². The fourth-order valence-electron chi connectivity index (χ4n) is 4.67. The molecule has 0 radical (unpaired) electrons. The lowest BCUT2D eigenvalue weighted by atomic mass is 9.86. The van der Waals surface area contributed by atoms with Gasteiger partial charge in [0.1, 0.15) is 18.2 Å². The van der Waals surface area contributed by atoms with Crippen LogP contribution in [0.5, 0.6) is 5.75 Å². The highest BCUT2D eigenvalue weighted by molar-refractivity contribution is 5.95. The molecule has 9 heteroatoms. The fourth-order valence-corrected chi connectivity index (χ4v) is 4.67. The molecule has 180 valence electrons. The second kappa shape index (κ2) is 8.60. The van der Waals surface area contributed by atoms with Gasteiger partial charge in [-0.3, -0.25) is 4.79 Å². The topological polar surface area (TPSA) is 99.2 Å². The first kappa shape index (κ1) is 22.0. The number of hydrogen-bond acceptors (Lipinski definition) is 6. The molecule has 1 atom stereocenters. The summed E-state index contributed by atoms with van der Waals surface area (Å²) >= 11 is 0. The number of nitrogens with one attached hydrogen (secondary N) is 1. The molecule has 9 nitrogen and oxygen atoms in total. The highest BCUT2D eigenvalue weighted by Crippen LogP contribution is 2.40. The third-order valence-electron chi connectivity index (χ3n) is 6.51. The molecule has 2 aromatic carbocycles. The molecular weight excluding hydrogens is 454 g/mol. The molecule has 5 aromatic rings. The smallest absolute Gasteiger partial charge is 0.226 e. The van der Waals surface area contributed by atoms with Crippen LogP contribution in [0, 0.1) is 20.8 Å². The molecule has 4 heterocycles. The van der Waals surface area contributed by atoms with Gasteiger partial charge >= 0.3 is 0 Å². The number of aromatic nitrogens is 6. The van der Waals surface area contributed by atoms with Gasteiger partial charge in [0, 0.05) is 17.9 Å². The van der Waals surface area contributed by atoms with E-state index >= 15 is 0 Å². The van der Waals surface area contributed by atoms with E-state index in [9.17, 15) is 4.79 Å². The molecule has 1 amide bonds. The van der Waals surface area contributed by atoms with E-state index in [0.717, 1.165) is 28.1 Å². The zero-order valence-electron chi connectivity index (χ0n) is 20.3. The van der Waals surface area contributed by atoms with Crippen LogP contribution in [0.4, 0.5) is 5.82 Å². The SMILES string of the molecule is Cc1ccc(COc2cccc([C@@H]3CC(=O)Nc4c3c(C)nn4-c3ccc4nnc(C)n4n3)c2)cc1. The van der Waals surface area contributed by atoms with Crippen LogP contribution in [0.1, 0.15) is 46.1 Å². The van der Waals surface area contributed by atoms with Crippen molar-refractivity contribution in [1.82, 2.24) is 29.6 Å². The van der Waals surface area contributed by atoms with Gasteiger partial charge in [0.05, 0.1) is 5.69 Å². The number of fused-ring (bicyclic) bond motifs is 2. The Morgan fingerprint density at radius 3 is 2.67 bits per heavy atom. The van der Waals surface area contributed by atoms with Crippen molar-refractivity contribution < 1.29 is 9.53 Å². The van der Waals surface area contributed by atoms with Gasteiger partial charge in [-0.2, -0.15) is 14.3 Å². The second-order valence-corrected chi connectivity index (χ2v) is 9.12. The number of aryl methyl sites for hydroxylation is 3. The van der Waals surface area contributed by atoms with Gasteiger partial charge in [-0.1, -0.05) is 42.0 Å². The van der Waals surface area contributed by atoms with Crippen molar-refractivity contribution in [1.29, 1.82) is 0 Å². The number of benzene rings is 2. The minimum Gasteiger partial charge on any atom is -0.489 e. The van der Waals surface area contributed by atoms with Crippen LogP contribution in [0.2, 0.25) is 0 Å². The van der Waals surface area contributed by atoms with Crippen LogP contribution in [0.25, 0.3) is 11.5 Å². The molecule has 1 N–H and O–H groups in total. The summed E-state index contributed by atoms with van der Waals surface area (Å²) < 4.78 is 9.43. The van der Waals surface area contributed by atoms with E-state index in [1.165, 1.54) is 5.56 Å². The van der Waals surface area contributed by atoms with E-state index < -0.39 is 0 Å². The van der Waals surface area contributed by atoms with E-state index in [1.54, 1.807) is 9.20 Å². The first-order valence-electron chi connectivity index (χ1n) is 11.8. The Bertz CT molecular complexity index is 1600. The summed E-state index contributed by atoms with van der Waals surface area (Å²) in [6.45, 7) is 6.34. The summed E-state index contributed by atoms with van der Waals surface area (Å²) in [6, 6.07) is 19.9. The normalized spacial score (nSPS) is 15.1. The molecule has 0 saturated carbocycles. The summed E-state index contributed by atoms with van der Waals surface area (Å²) in [5, 5.41) is 20.6. The Labute approximate surface area is 207 Å². The van der Waals surface area contributed by atoms with Gasteiger partial charge in [-0.05, 0) is 56.2 Å². The average Bonchev–Trinajstić information content (AvgIpc) is 3.42. The van der Waals surface area contributed by atoms with Crippen molar-refractivity contribution in [2.75, 3.05) is 5.32 Å². The lowest BCUT2D eigenvalue weighted by Gasteiger charge is -2.24. The highest BCUT2D eigenvalue weighted by atomic mass is 16.5. The third kappa shape index (κ3) is 3.88. The molecule has 1 aliphatic rings. The van der Waals surface area contributed by atoms with E-state index in [1.807, 2.05) is 50.2 Å². The molecule has 0 bridgehead atoms. The van der Waals surface area contributed by atoms with E-state index in [2.05, 4.69) is 51.8 Å². The number of carbonyl (C=O) groups is 1. The lowest BCUT2D eigenvalue weighted by Crippen LogP contribution is -2.25. The van der Waals surface area contributed by atoms with Crippen molar-refractivity contribution in [3.05, 3.63) is 94.4 Å². The predicted octanol–water partition coefficient (Wildman–Crippen LogP) is 4.29. The lowest BCUT2D eigenvalue weighted by molar-refractivity contribution is -0.116. The average molecular weight is 480 g/mol. The molecule has 0 saturated heterocycles.